The molecule has 0 atom stereocenters. The fourth-order valence-electron chi connectivity index (χ4n) is 2.91. The maximum Gasteiger partial charge on any atom is 0.434 e. The quantitative estimate of drug-likeness (QED) is 0.357. The number of aromatic nitrogens is 5. The topological polar surface area (TPSA) is 118 Å². The van der Waals surface area contributed by atoms with Gasteiger partial charge in [0.25, 0.3) is 5.91 Å². The second-order valence-electron chi connectivity index (χ2n) is 6.97. The second kappa shape index (κ2) is 9.39. The van der Waals surface area contributed by atoms with Crippen molar-refractivity contribution in [1.29, 1.82) is 0 Å². The molecule has 0 aliphatic rings. The van der Waals surface area contributed by atoms with E-state index in [1.165, 1.54) is 12.7 Å². The van der Waals surface area contributed by atoms with Crippen molar-refractivity contribution in [2.24, 2.45) is 0 Å². The van der Waals surface area contributed by atoms with E-state index in [1.54, 1.807) is 37.5 Å². The summed E-state index contributed by atoms with van der Waals surface area (Å²) < 4.78 is 38.3. The minimum Gasteiger partial charge on any atom is -0.373 e. The predicted molar refractivity (Wildman–Crippen MR) is 122 cm³/mol. The van der Waals surface area contributed by atoms with E-state index in [9.17, 15) is 18.0 Å². The first-order valence-corrected chi connectivity index (χ1v) is 10.6. The number of carbonyl (C=O) groups is 1. The molecule has 1 aromatic carbocycles. The lowest BCUT2D eigenvalue weighted by Gasteiger charge is -2.13. The molecule has 0 saturated heterocycles. The van der Waals surface area contributed by atoms with Crippen LogP contribution in [0, 0.1) is 6.92 Å². The van der Waals surface area contributed by atoms with Crippen LogP contribution in [0.4, 0.5) is 35.6 Å². The van der Waals surface area contributed by atoms with Crippen molar-refractivity contribution in [3.05, 3.63) is 65.3 Å². The van der Waals surface area contributed by atoms with E-state index in [4.69, 9.17) is 0 Å². The lowest BCUT2D eigenvalue weighted by Crippen LogP contribution is -2.13. The van der Waals surface area contributed by atoms with Crippen molar-refractivity contribution in [3.8, 4) is 11.3 Å². The van der Waals surface area contributed by atoms with Crippen molar-refractivity contribution in [1.82, 2.24) is 24.9 Å². The van der Waals surface area contributed by atoms with Gasteiger partial charge in [0.1, 0.15) is 24.3 Å². The van der Waals surface area contributed by atoms with Crippen LogP contribution >= 0.6 is 11.3 Å². The van der Waals surface area contributed by atoms with Crippen LogP contribution in [-0.4, -0.2) is 37.9 Å². The zero-order valence-electron chi connectivity index (χ0n) is 17.8. The molecule has 0 fully saturated rings. The van der Waals surface area contributed by atoms with E-state index in [-0.39, 0.29) is 10.7 Å². The van der Waals surface area contributed by atoms with Crippen LogP contribution < -0.4 is 16.0 Å². The van der Waals surface area contributed by atoms with E-state index in [0.29, 0.717) is 39.9 Å². The first-order chi connectivity index (χ1) is 16.2. The highest BCUT2D eigenvalue weighted by atomic mass is 32.1. The number of anilines is 4. The number of amides is 1. The van der Waals surface area contributed by atoms with Crippen molar-refractivity contribution >= 4 is 39.7 Å². The number of nitrogens with zero attached hydrogens (tertiary/aromatic N) is 5. The first kappa shape index (κ1) is 23.0. The third-order valence-corrected chi connectivity index (χ3v) is 5.44. The Morgan fingerprint density at radius 2 is 1.91 bits per heavy atom. The molecule has 0 saturated carbocycles. The van der Waals surface area contributed by atoms with E-state index < -0.39 is 17.8 Å². The van der Waals surface area contributed by atoms with Crippen LogP contribution in [0.2, 0.25) is 0 Å². The van der Waals surface area contributed by atoms with Crippen LogP contribution in [0.5, 0.6) is 0 Å². The second-order valence-corrected chi connectivity index (χ2v) is 7.83. The lowest BCUT2D eigenvalue weighted by molar-refractivity contribution is -0.140. The largest absolute Gasteiger partial charge is 0.434 e. The fourth-order valence-corrected chi connectivity index (χ4v) is 3.63. The Kier molecular flexibility index (Phi) is 6.36. The Bertz CT molecular complexity index is 1340. The Morgan fingerprint density at radius 3 is 2.65 bits per heavy atom. The van der Waals surface area contributed by atoms with Crippen molar-refractivity contribution in [3.63, 3.8) is 0 Å². The summed E-state index contributed by atoms with van der Waals surface area (Å²) in [5, 5.41) is 9.23. The number of benzene rings is 1. The number of halogens is 3. The zero-order chi connectivity index (χ0) is 24.3. The van der Waals surface area contributed by atoms with E-state index in [0.717, 1.165) is 10.9 Å². The van der Waals surface area contributed by atoms with Crippen LogP contribution in [0.1, 0.15) is 21.6 Å². The first-order valence-electron chi connectivity index (χ1n) is 9.76. The molecule has 3 aromatic heterocycles. The highest BCUT2D eigenvalue weighted by Crippen LogP contribution is 2.32. The van der Waals surface area contributed by atoms with Gasteiger partial charge in [-0.1, -0.05) is 6.07 Å². The molecule has 34 heavy (non-hydrogen) atoms. The molecule has 174 valence electrons. The van der Waals surface area contributed by atoms with Gasteiger partial charge >= 0.3 is 6.18 Å². The highest BCUT2D eigenvalue weighted by molar-refractivity contribution is 7.14. The van der Waals surface area contributed by atoms with Gasteiger partial charge in [-0.05, 0) is 24.6 Å². The number of hydrogen-bond acceptors (Lipinski definition) is 9. The third kappa shape index (κ3) is 5.09. The molecule has 3 heterocycles. The molecule has 0 radical (unpaired) electrons. The standard InChI is InChI=1S/C21H17F3N8OS/c1-11-3-4-12(19(33)32-20-31-16(8-34-20)21(22,23)24)5-14(11)30-18-13(7-26-9-29-18)15-6-17(25-2)28-10-27-15/h3-10H,1-2H3,(H,25,27,28)(H,26,29,30)(H,31,32,33). The lowest BCUT2D eigenvalue weighted by atomic mass is 10.1. The molecular formula is C21H17F3N8OS. The Morgan fingerprint density at radius 1 is 1.09 bits per heavy atom. The third-order valence-electron chi connectivity index (χ3n) is 4.68. The van der Waals surface area contributed by atoms with Crippen LogP contribution in [0.25, 0.3) is 11.3 Å². The molecule has 0 aliphatic heterocycles. The maximum atomic E-state index is 12.8. The Balaban J connectivity index is 1.59. The van der Waals surface area contributed by atoms with Gasteiger partial charge in [0.2, 0.25) is 0 Å². The zero-order valence-corrected chi connectivity index (χ0v) is 18.6. The smallest absolute Gasteiger partial charge is 0.373 e. The fraction of sp³-hybridized carbons (Fsp3) is 0.143. The van der Waals surface area contributed by atoms with Crippen LogP contribution in [0.15, 0.2) is 48.5 Å². The number of nitrogens with one attached hydrogen (secondary N) is 3. The average Bonchev–Trinajstić information content (AvgIpc) is 3.30. The van der Waals surface area contributed by atoms with Crippen LogP contribution in [-0.2, 0) is 6.18 Å². The molecule has 1 amide bonds. The number of rotatable bonds is 6. The molecule has 0 aliphatic carbocycles. The van der Waals surface area contributed by atoms with Crippen molar-refractivity contribution in [2.45, 2.75) is 13.1 Å². The van der Waals surface area contributed by atoms with Crippen molar-refractivity contribution < 1.29 is 18.0 Å². The number of thiazole rings is 1. The van der Waals surface area contributed by atoms with Gasteiger partial charge < -0.3 is 10.6 Å². The molecule has 4 aromatic rings. The maximum absolute atomic E-state index is 12.8. The molecule has 13 heteroatoms. The predicted octanol–water partition coefficient (Wildman–Crippen LogP) is 4.75. The molecule has 0 spiro atoms. The van der Waals surface area contributed by atoms with Gasteiger partial charge in [-0.3, -0.25) is 10.1 Å². The van der Waals surface area contributed by atoms with Crippen molar-refractivity contribution in [2.75, 3.05) is 23.0 Å². The van der Waals surface area contributed by atoms with Gasteiger partial charge in [0.05, 0.1) is 11.3 Å². The van der Waals surface area contributed by atoms with E-state index in [1.807, 2.05) is 6.92 Å². The summed E-state index contributed by atoms with van der Waals surface area (Å²) in [7, 11) is 1.74. The minimum atomic E-state index is -4.58. The summed E-state index contributed by atoms with van der Waals surface area (Å²) in [6, 6.07) is 6.60. The van der Waals surface area contributed by atoms with E-state index in [2.05, 4.69) is 40.9 Å². The molecule has 9 nitrogen and oxygen atoms in total. The van der Waals surface area contributed by atoms with Gasteiger partial charge in [-0.25, -0.2) is 24.9 Å². The average molecular weight is 486 g/mol. The molecular weight excluding hydrogens is 469 g/mol. The minimum absolute atomic E-state index is 0.144. The van der Waals surface area contributed by atoms with Gasteiger partial charge in [0, 0.05) is 35.9 Å². The van der Waals surface area contributed by atoms with Gasteiger partial charge in [-0.15, -0.1) is 11.3 Å². The summed E-state index contributed by atoms with van der Waals surface area (Å²) >= 11 is 0.699. The summed E-state index contributed by atoms with van der Waals surface area (Å²) in [6.07, 6.45) is -0.188. The molecule has 0 unspecified atom stereocenters. The SMILES string of the molecule is CNc1cc(-c2cncnc2Nc2cc(C(=O)Nc3nc(C(F)(F)F)cs3)ccc2C)ncn1. The molecule has 4 rings (SSSR count). The number of carbonyl (C=O) groups excluding carboxylic acids is 1. The highest BCUT2D eigenvalue weighted by Gasteiger charge is 2.34. The number of aryl methyl sites for hydroxylation is 1. The van der Waals surface area contributed by atoms with E-state index >= 15 is 0 Å². The number of alkyl halides is 3. The number of hydrogen-bond donors (Lipinski definition) is 3. The molecule has 3 N–H and O–H groups in total. The normalized spacial score (nSPS) is 11.2. The Hall–Kier alpha value is -4.13. The summed E-state index contributed by atoms with van der Waals surface area (Å²) in [4.78, 5) is 32.8. The van der Waals surface area contributed by atoms with Crippen LogP contribution in [0.3, 0.4) is 0 Å². The summed E-state index contributed by atoms with van der Waals surface area (Å²) in [5.74, 6) is 0.472. The summed E-state index contributed by atoms with van der Waals surface area (Å²) in [6.45, 7) is 1.84. The monoisotopic (exact) mass is 486 g/mol. The van der Waals surface area contributed by atoms with Gasteiger partial charge in [0.15, 0.2) is 10.8 Å². The van der Waals surface area contributed by atoms with Gasteiger partial charge in [-0.2, -0.15) is 13.2 Å². The Labute approximate surface area is 195 Å². The molecule has 0 bridgehead atoms. The summed E-state index contributed by atoms with van der Waals surface area (Å²) in [5.41, 5.74) is 1.75.